The van der Waals surface area contributed by atoms with E-state index in [1.165, 1.54) is 6.20 Å². The van der Waals surface area contributed by atoms with E-state index in [-0.39, 0.29) is 0 Å². The van der Waals surface area contributed by atoms with Crippen molar-refractivity contribution in [1.29, 1.82) is 0 Å². The molecule has 12 heavy (non-hydrogen) atoms. The van der Waals surface area contributed by atoms with Gasteiger partial charge < -0.3 is 4.90 Å². The summed E-state index contributed by atoms with van der Waals surface area (Å²) in [6.07, 6.45) is 9.35. The molecule has 2 heteroatoms. The van der Waals surface area contributed by atoms with Crippen LogP contribution in [0.2, 0.25) is 0 Å². The molecule has 66 valence electrons. The minimum atomic E-state index is 0.952. The van der Waals surface area contributed by atoms with Crippen LogP contribution in [0.3, 0.4) is 0 Å². The second-order valence-electron chi connectivity index (χ2n) is 2.62. The lowest BCUT2D eigenvalue weighted by molar-refractivity contribution is 0.564. The maximum absolute atomic E-state index is 3.99. The summed E-state index contributed by atoms with van der Waals surface area (Å²) >= 11 is 0. The van der Waals surface area contributed by atoms with Gasteiger partial charge in [-0.1, -0.05) is 12.7 Å². The molecule has 0 fully saturated rings. The third-order valence-corrected chi connectivity index (χ3v) is 1.13. The predicted octanol–water partition coefficient (Wildman–Crippen LogP) is 2.22. The van der Waals surface area contributed by atoms with Crippen molar-refractivity contribution in [3.63, 3.8) is 0 Å². The Morgan fingerprint density at radius 3 is 2.50 bits per heavy atom. The van der Waals surface area contributed by atoms with E-state index in [2.05, 4.69) is 11.6 Å². The van der Waals surface area contributed by atoms with E-state index < -0.39 is 0 Å². The maximum Gasteiger partial charge on any atom is 0.0372 e. The normalized spacial score (nSPS) is 12.8. The first kappa shape index (κ1) is 10.7. The van der Waals surface area contributed by atoms with Crippen LogP contribution in [-0.4, -0.2) is 24.7 Å². The van der Waals surface area contributed by atoms with Crippen LogP contribution in [0.25, 0.3) is 0 Å². The fourth-order valence-corrected chi connectivity index (χ4v) is 0.604. The van der Waals surface area contributed by atoms with Gasteiger partial charge in [0, 0.05) is 26.0 Å². The molecule has 0 aliphatic heterocycles. The summed E-state index contributed by atoms with van der Waals surface area (Å²) < 4.78 is 0. The van der Waals surface area contributed by atoms with Crippen molar-refractivity contribution in [2.45, 2.75) is 6.92 Å². The van der Waals surface area contributed by atoms with Crippen molar-refractivity contribution >= 4 is 5.71 Å². The first-order chi connectivity index (χ1) is 5.66. The zero-order valence-electron chi connectivity index (χ0n) is 7.99. The fourth-order valence-electron chi connectivity index (χ4n) is 0.604. The van der Waals surface area contributed by atoms with Crippen molar-refractivity contribution in [3.05, 3.63) is 37.2 Å². The van der Waals surface area contributed by atoms with Crippen molar-refractivity contribution in [2.75, 3.05) is 14.1 Å². The van der Waals surface area contributed by atoms with Gasteiger partial charge in [0.2, 0.25) is 0 Å². The van der Waals surface area contributed by atoms with Gasteiger partial charge >= 0.3 is 0 Å². The second kappa shape index (κ2) is 6.40. The highest BCUT2D eigenvalue weighted by molar-refractivity contribution is 5.93. The van der Waals surface area contributed by atoms with E-state index in [0.29, 0.717) is 0 Å². The number of nitrogens with zero attached hydrogens (tertiary/aromatic N) is 2. The molecule has 0 spiro atoms. The van der Waals surface area contributed by atoms with Gasteiger partial charge in [-0.15, -0.1) is 0 Å². The monoisotopic (exact) mass is 164 g/mol. The lowest BCUT2D eigenvalue weighted by atomic mass is 10.3. The molecule has 0 aromatic heterocycles. The Labute approximate surface area is 74.6 Å². The van der Waals surface area contributed by atoms with Gasteiger partial charge in [-0.2, -0.15) is 0 Å². The van der Waals surface area contributed by atoms with Gasteiger partial charge in [-0.05, 0) is 25.3 Å². The van der Waals surface area contributed by atoms with Crippen LogP contribution in [0.4, 0.5) is 0 Å². The summed E-state index contributed by atoms with van der Waals surface area (Å²) in [6, 6.07) is 0. The van der Waals surface area contributed by atoms with E-state index in [1.807, 2.05) is 50.3 Å². The molecule has 0 saturated heterocycles. The van der Waals surface area contributed by atoms with Crippen LogP contribution in [0.5, 0.6) is 0 Å². The van der Waals surface area contributed by atoms with Gasteiger partial charge in [0.15, 0.2) is 0 Å². The summed E-state index contributed by atoms with van der Waals surface area (Å²) in [6.45, 7) is 5.44. The zero-order valence-corrected chi connectivity index (χ0v) is 7.99. The van der Waals surface area contributed by atoms with Crippen LogP contribution in [-0.2, 0) is 0 Å². The van der Waals surface area contributed by atoms with E-state index in [1.54, 1.807) is 0 Å². The molecule has 0 unspecified atom stereocenters. The Bertz CT molecular complexity index is 210. The predicted molar refractivity (Wildman–Crippen MR) is 55.3 cm³/mol. The Hall–Kier alpha value is -1.31. The molecular formula is C10H16N2. The van der Waals surface area contributed by atoms with E-state index in [0.717, 1.165) is 5.71 Å². The molecule has 0 heterocycles. The second-order valence-corrected chi connectivity index (χ2v) is 2.62. The van der Waals surface area contributed by atoms with E-state index >= 15 is 0 Å². The maximum atomic E-state index is 3.99. The molecule has 0 radical (unpaired) electrons. The molecule has 0 N–H and O–H groups in total. The largest absolute Gasteiger partial charge is 0.383 e. The molecule has 2 nitrogen and oxygen atoms in total. The minimum absolute atomic E-state index is 0.952. The first-order valence-electron chi connectivity index (χ1n) is 3.83. The minimum Gasteiger partial charge on any atom is -0.383 e. The first-order valence-corrected chi connectivity index (χ1v) is 3.83. The lowest BCUT2D eigenvalue weighted by Crippen LogP contribution is -1.99. The van der Waals surface area contributed by atoms with Gasteiger partial charge in [-0.3, -0.25) is 4.99 Å². The molecule has 0 bridgehead atoms. The van der Waals surface area contributed by atoms with E-state index in [9.17, 15) is 0 Å². The standard InChI is InChI=1S/C10H16N2/c1-5-11-10(2)8-6-7-9-12(3)4/h5-9H,1H2,2-4H3/b8-6+,9-7+,11-10?. The SMILES string of the molecule is C=CN=C(C)/C=C/C=C/N(C)C. The Kier molecular flexibility index (Phi) is 5.70. The molecular weight excluding hydrogens is 148 g/mol. The van der Waals surface area contributed by atoms with Crippen LogP contribution < -0.4 is 0 Å². The highest BCUT2D eigenvalue weighted by Crippen LogP contribution is 1.84. The van der Waals surface area contributed by atoms with Crippen molar-refractivity contribution < 1.29 is 0 Å². The van der Waals surface area contributed by atoms with Crippen LogP contribution >= 0.6 is 0 Å². The van der Waals surface area contributed by atoms with Gasteiger partial charge in [0.25, 0.3) is 0 Å². The highest BCUT2D eigenvalue weighted by Gasteiger charge is 1.77. The molecule has 0 saturated carbocycles. The molecule has 0 rings (SSSR count). The quantitative estimate of drug-likeness (QED) is 0.459. The molecule has 0 aromatic carbocycles. The van der Waals surface area contributed by atoms with Crippen molar-refractivity contribution in [3.8, 4) is 0 Å². The molecule has 0 aliphatic rings. The highest BCUT2D eigenvalue weighted by atomic mass is 15.0. The molecule has 0 aromatic rings. The van der Waals surface area contributed by atoms with Gasteiger partial charge in [-0.25, -0.2) is 0 Å². The third kappa shape index (κ3) is 6.81. The third-order valence-electron chi connectivity index (χ3n) is 1.13. The van der Waals surface area contributed by atoms with Crippen molar-refractivity contribution in [1.82, 2.24) is 4.90 Å². The van der Waals surface area contributed by atoms with Gasteiger partial charge in [0.1, 0.15) is 0 Å². The summed E-state index contributed by atoms with van der Waals surface area (Å²) in [4.78, 5) is 5.96. The van der Waals surface area contributed by atoms with Crippen LogP contribution in [0, 0.1) is 0 Å². The van der Waals surface area contributed by atoms with Gasteiger partial charge in [0.05, 0.1) is 0 Å². The van der Waals surface area contributed by atoms with Crippen LogP contribution in [0.15, 0.2) is 42.2 Å². The molecule has 0 amide bonds. The fraction of sp³-hybridized carbons (Fsp3) is 0.300. The van der Waals surface area contributed by atoms with Crippen molar-refractivity contribution in [2.24, 2.45) is 4.99 Å². The number of allylic oxidation sites excluding steroid dienone is 3. The Morgan fingerprint density at radius 1 is 1.33 bits per heavy atom. The number of aliphatic imine (C=N–C) groups is 1. The smallest absolute Gasteiger partial charge is 0.0372 e. The Morgan fingerprint density at radius 2 is 2.00 bits per heavy atom. The summed E-state index contributed by atoms with van der Waals surface area (Å²) in [5.74, 6) is 0. The number of rotatable bonds is 4. The summed E-state index contributed by atoms with van der Waals surface area (Å²) in [5, 5.41) is 0. The number of hydrogen-bond donors (Lipinski definition) is 0. The topological polar surface area (TPSA) is 15.6 Å². The zero-order chi connectivity index (χ0) is 9.40. The summed E-state index contributed by atoms with van der Waals surface area (Å²) in [5.41, 5.74) is 0.952. The molecule has 0 aliphatic carbocycles. The Balaban J connectivity index is 3.91. The van der Waals surface area contributed by atoms with Crippen LogP contribution in [0.1, 0.15) is 6.92 Å². The molecule has 0 atom stereocenters. The lowest BCUT2D eigenvalue weighted by Gasteiger charge is -2.00. The average molecular weight is 164 g/mol. The average Bonchev–Trinajstić information content (AvgIpc) is 1.98. The number of hydrogen-bond acceptors (Lipinski definition) is 2. The van der Waals surface area contributed by atoms with E-state index in [4.69, 9.17) is 0 Å². The summed E-state index contributed by atoms with van der Waals surface area (Å²) in [7, 11) is 3.96.